The summed E-state index contributed by atoms with van der Waals surface area (Å²) in [5, 5.41) is 12.4. The maximum atomic E-state index is 11.7. The fourth-order valence-electron chi connectivity index (χ4n) is 1.31. The Bertz CT molecular complexity index is 494. The van der Waals surface area contributed by atoms with E-state index in [-0.39, 0.29) is 30.0 Å². The van der Waals surface area contributed by atoms with Gasteiger partial charge in [0.15, 0.2) is 0 Å². The van der Waals surface area contributed by atoms with Gasteiger partial charge in [-0.3, -0.25) is 14.9 Å². The lowest BCUT2D eigenvalue weighted by Gasteiger charge is -2.10. The van der Waals surface area contributed by atoms with Crippen LogP contribution in [0.5, 0.6) is 6.01 Å². The summed E-state index contributed by atoms with van der Waals surface area (Å²) in [6.45, 7) is 2.23. The lowest BCUT2D eigenvalue weighted by molar-refractivity contribution is -0.121. The molecule has 2 amide bonds. The average Bonchev–Trinajstić information content (AvgIpc) is 2.78. The second-order valence-corrected chi connectivity index (χ2v) is 3.45. The first-order valence-corrected chi connectivity index (χ1v) is 5.41. The summed E-state index contributed by atoms with van der Waals surface area (Å²) < 4.78 is 5.04. The van der Waals surface area contributed by atoms with Crippen LogP contribution in [0.25, 0.3) is 0 Å². The maximum absolute atomic E-state index is 11.7. The molecule has 0 aliphatic carbocycles. The minimum Gasteiger partial charge on any atom is -0.463 e. The third-order valence-corrected chi connectivity index (χ3v) is 2.14. The predicted molar refractivity (Wildman–Crippen MR) is 61.0 cm³/mol. The fourth-order valence-corrected chi connectivity index (χ4v) is 1.31. The minimum absolute atomic E-state index is 0.159. The normalized spacial score (nSPS) is 14.7. The molecule has 96 valence electrons. The molecule has 1 aromatic rings. The van der Waals surface area contributed by atoms with Crippen LogP contribution in [0.2, 0.25) is 0 Å². The second kappa shape index (κ2) is 5.25. The lowest BCUT2D eigenvalue weighted by atomic mass is 10.2. The Labute approximate surface area is 102 Å². The van der Waals surface area contributed by atoms with E-state index in [4.69, 9.17) is 4.74 Å². The molecular formula is C9H12N6O3. The zero-order chi connectivity index (χ0) is 13.0. The van der Waals surface area contributed by atoms with E-state index in [9.17, 15) is 9.59 Å². The molecule has 0 bridgehead atoms. The van der Waals surface area contributed by atoms with Gasteiger partial charge >= 0.3 is 6.01 Å². The SMILES string of the molecule is CCOc1n[nH]c(NC(=O)C2=NNC(=O)CC2)n1. The Morgan fingerprint density at radius 2 is 2.33 bits per heavy atom. The number of hydrazone groups is 1. The molecule has 0 unspecified atom stereocenters. The van der Waals surface area contributed by atoms with Gasteiger partial charge in [-0.15, -0.1) is 5.10 Å². The van der Waals surface area contributed by atoms with E-state index < -0.39 is 5.91 Å². The first-order chi connectivity index (χ1) is 8.69. The summed E-state index contributed by atoms with van der Waals surface area (Å²) >= 11 is 0. The van der Waals surface area contributed by atoms with Crippen LogP contribution in [0, 0.1) is 0 Å². The van der Waals surface area contributed by atoms with Crippen LogP contribution >= 0.6 is 0 Å². The van der Waals surface area contributed by atoms with Gasteiger partial charge in [-0.05, 0) is 6.92 Å². The summed E-state index contributed by atoms with van der Waals surface area (Å²) in [6, 6.07) is 0.159. The summed E-state index contributed by atoms with van der Waals surface area (Å²) in [5.74, 6) is -0.470. The van der Waals surface area contributed by atoms with Crippen LogP contribution < -0.4 is 15.5 Å². The van der Waals surface area contributed by atoms with E-state index in [1.165, 1.54) is 0 Å². The highest BCUT2D eigenvalue weighted by atomic mass is 16.5. The van der Waals surface area contributed by atoms with Crippen molar-refractivity contribution >= 4 is 23.5 Å². The van der Waals surface area contributed by atoms with Crippen molar-refractivity contribution in [3.05, 3.63) is 0 Å². The van der Waals surface area contributed by atoms with Gasteiger partial charge in [-0.25, -0.2) is 10.5 Å². The van der Waals surface area contributed by atoms with Crippen LogP contribution in [-0.2, 0) is 9.59 Å². The van der Waals surface area contributed by atoms with Gasteiger partial charge in [-0.1, -0.05) is 0 Å². The number of aromatic nitrogens is 3. The van der Waals surface area contributed by atoms with Crippen LogP contribution in [0.3, 0.4) is 0 Å². The number of ether oxygens (including phenoxy) is 1. The van der Waals surface area contributed by atoms with Gasteiger partial charge in [0, 0.05) is 12.8 Å². The number of H-pyrrole nitrogens is 1. The summed E-state index contributed by atoms with van der Waals surface area (Å²) in [4.78, 5) is 26.5. The van der Waals surface area contributed by atoms with Crippen molar-refractivity contribution in [1.29, 1.82) is 0 Å². The van der Waals surface area contributed by atoms with E-state index in [2.05, 4.69) is 31.0 Å². The molecule has 0 saturated carbocycles. The van der Waals surface area contributed by atoms with Crippen molar-refractivity contribution in [2.75, 3.05) is 11.9 Å². The third kappa shape index (κ3) is 2.81. The number of rotatable bonds is 4. The van der Waals surface area contributed by atoms with Crippen molar-refractivity contribution in [3.8, 4) is 6.01 Å². The van der Waals surface area contributed by atoms with Gasteiger partial charge in [0.2, 0.25) is 11.9 Å². The molecule has 2 rings (SSSR count). The lowest BCUT2D eigenvalue weighted by Crippen LogP contribution is -2.33. The number of amides is 2. The Kier molecular flexibility index (Phi) is 3.51. The van der Waals surface area contributed by atoms with Crippen LogP contribution in [-0.4, -0.2) is 39.3 Å². The van der Waals surface area contributed by atoms with Crippen LogP contribution in [0.1, 0.15) is 19.8 Å². The quantitative estimate of drug-likeness (QED) is 0.661. The molecule has 18 heavy (non-hydrogen) atoms. The Balaban J connectivity index is 1.96. The van der Waals surface area contributed by atoms with E-state index in [0.29, 0.717) is 13.0 Å². The molecule has 9 heteroatoms. The zero-order valence-electron chi connectivity index (χ0n) is 9.69. The number of carbonyl (C=O) groups excluding carboxylic acids is 2. The molecule has 0 fully saturated rings. The van der Waals surface area contributed by atoms with Gasteiger partial charge in [0.05, 0.1) is 6.61 Å². The van der Waals surface area contributed by atoms with E-state index in [1.807, 2.05) is 0 Å². The van der Waals surface area contributed by atoms with Gasteiger partial charge in [0.25, 0.3) is 5.91 Å². The zero-order valence-corrected chi connectivity index (χ0v) is 9.69. The van der Waals surface area contributed by atoms with Crippen molar-refractivity contribution in [1.82, 2.24) is 20.6 Å². The Morgan fingerprint density at radius 1 is 1.50 bits per heavy atom. The van der Waals surface area contributed by atoms with E-state index >= 15 is 0 Å². The highest BCUT2D eigenvalue weighted by Crippen LogP contribution is 2.07. The van der Waals surface area contributed by atoms with Gasteiger partial charge in [0.1, 0.15) is 5.71 Å². The molecule has 1 aliphatic rings. The maximum Gasteiger partial charge on any atom is 0.337 e. The molecular weight excluding hydrogens is 240 g/mol. The molecule has 3 N–H and O–H groups in total. The van der Waals surface area contributed by atoms with Crippen molar-refractivity contribution in [3.63, 3.8) is 0 Å². The first-order valence-electron chi connectivity index (χ1n) is 5.41. The second-order valence-electron chi connectivity index (χ2n) is 3.45. The van der Waals surface area contributed by atoms with Crippen LogP contribution in [0.4, 0.5) is 5.95 Å². The molecule has 9 nitrogen and oxygen atoms in total. The molecule has 0 aromatic carbocycles. The first kappa shape index (κ1) is 12.0. The number of nitrogens with zero attached hydrogens (tertiary/aromatic N) is 3. The Morgan fingerprint density at radius 3 is 3.00 bits per heavy atom. The summed E-state index contributed by atoms with van der Waals surface area (Å²) in [7, 11) is 0. The van der Waals surface area contributed by atoms with E-state index in [0.717, 1.165) is 0 Å². The smallest absolute Gasteiger partial charge is 0.337 e. The number of hydrogen-bond acceptors (Lipinski definition) is 6. The molecule has 1 aliphatic heterocycles. The van der Waals surface area contributed by atoms with Gasteiger partial charge in [-0.2, -0.15) is 10.1 Å². The van der Waals surface area contributed by atoms with Crippen LogP contribution in [0.15, 0.2) is 5.10 Å². The third-order valence-electron chi connectivity index (χ3n) is 2.14. The number of hydrogen-bond donors (Lipinski definition) is 3. The van der Waals surface area contributed by atoms with Crippen molar-refractivity contribution < 1.29 is 14.3 Å². The van der Waals surface area contributed by atoms with E-state index in [1.54, 1.807) is 6.92 Å². The topological polar surface area (TPSA) is 121 Å². The standard InChI is InChI=1S/C9H12N6O3/c1-2-18-9-11-8(14-15-9)10-7(17)5-3-4-6(16)13-12-5/h2-4H2,1H3,(H,13,16)(H2,10,11,14,15,17). The molecule has 2 heterocycles. The average molecular weight is 252 g/mol. The highest BCUT2D eigenvalue weighted by molar-refractivity contribution is 6.43. The van der Waals surface area contributed by atoms with Gasteiger partial charge < -0.3 is 4.74 Å². The number of anilines is 1. The minimum atomic E-state index is -0.436. The number of carbonyl (C=O) groups is 2. The summed E-state index contributed by atoms with van der Waals surface area (Å²) in [6.07, 6.45) is 0.539. The molecule has 1 aromatic heterocycles. The summed E-state index contributed by atoms with van der Waals surface area (Å²) in [5.41, 5.74) is 2.48. The Hall–Kier alpha value is -2.45. The number of nitrogens with one attached hydrogen (secondary N) is 3. The highest BCUT2D eigenvalue weighted by Gasteiger charge is 2.19. The predicted octanol–water partition coefficient (Wildman–Crippen LogP) is -0.592. The molecule has 0 spiro atoms. The van der Waals surface area contributed by atoms with Crippen molar-refractivity contribution in [2.45, 2.75) is 19.8 Å². The molecule has 0 radical (unpaired) electrons. The fraction of sp³-hybridized carbons (Fsp3) is 0.444. The molecule has 0 atom stereocenters. The largest absolute Gasteiger partial charge is 0.463 e. The monoisotopic (exact) mass is 252 g/mol. The number of aromatic amines is 1. The van der Waals surface area contributed by atoms with Crippen molar-refractivity contribution in [2.24, 2.45) is 5.10 Å². The molecule has 0 saturated heterocycles.